The van der Waals surface area contributed by atoms with Gasteiger partial charge >= 0.3 is 0 Å². The van der Waals surface area contributed by atoms with Gasteiger partial charge in [-0.25, -0.2) is 4.98 Å². The van der Waals surface area contributed by atoms with Crippen molar-refractivity contribution in [1.29, 1.82) is 0 Å². The second-order valence-electron chi connectivity index (χ2n) is 6.36. The Labute approximate surface area is 161 Å². The van der Waals surface area contributed by atoms with Crippen molar-refractivity contribution in [2.24, 2.45) is 0 Å². The number of carbonyl (C=O) groups excluding carboxylic acids is 1. The summed E-state index contributed by atoms with van der Waals surface area (Å²) in [5, 5.41) is 15.0. The lowest BCUT2D eigenvalue weighted by atomic mass is 10.1. The van der Waals surface area contributed by atoms with Crippen LogP contribution in [-0.2, 0) is 6.42 Å². The molecule has 0 fully saturated rings. The van der Waals surface area contributed by atoms with E-state index in [0.29, 0.717) is 33.9 Å². The average Bonchev–Trinajstić information content (AvgIpc) is 3.00. The number of benzene rings is 2. The second-order valence-corrected chi connectivity index (χ2v) is 6.80. The first-order valence-electron chi connectivity index (χ1n) is 8.77. The summed E-state index contributed by atoms with van der Waals surface area (Å²) < 4.78 is 1.73. The Hall–Kier alpha value is -3.05. The summed E-state index contributed by atoms with van der Waals surface area (Å²) in [6.45, 7) is 2.05. The van der Waals surface area contributed by atoms with Crippen LogP contribution in [0.5, 0.6) is 5.75 Å². The molecule has 0 aliphatic rings. The summed E-state index contributed by atoms with van der Waals surface area (Å²) in [5.41, 5.74) is 2.53. The molecule has 4 aromatic rings. The molecule has 5 nitrogen and oxygen atoms in total. The number of hydrogen-bond acceptors (Lipinski definition) is 3. The minimum atomic E-state index is -0.260. The van der Waals surface area contributed by atoms with Crippen LogP contribution in [0.4, 0.5) is 5.69 Å². The van der Waals surface area contributed by atoms with Crippen LogP contribution >= 0.6 is 11.6 Å². The molecule has 2 N–H and O–H groups in total. The Morgan fingerprint density at radius 3 is 2.74 bits per heavy atom. The molecule has 0 aliphatic heterocycles. The molecular weight excluding hydrogens is 362 g/mol. The zero-order valence-corrected chi connectivity index (χ0v) is 15.5. The fourth-order valence-corrected chi connectivity index (χ4v) is 3.46. The normalized spacial score (nSPS) is 11.2. The Bertz CT molecular complexity index is 1170. The van der Waals surface area contributed by atoms with E-state index in [1.807, 2.05) is 25.1 Å². The average molecular weight is 380 g/mol. The molecule has 2 aromatic carbocycles. The molecule has 0 saturated carbocycles. The van der Waals surface area contributed by atoms with Crippen LogP contribution in [0.1, 0.15) is 29.5 Å². The first-order valence-corrected chi connectivity index (χ1v) is 9.15. The maximum atomic E-state index is 13.1. The summed E-state index contributed by atoms with van der Waals surface area (Å²) in [4.78, 5) is 17.7. The molecule has 0 aliphatic carbocycles. The first kappa shape index (κ1) is 17.4. The van der Waals surface area contributed by atoms with Crippen molar-refractivity contribution in [2.75, 3.05) is 5.32 Å². The third-order valence-corrected chi connectivity index (χ3v) is 4.73. The molecule has 27 heavy (non-hydrogen) atoms. The fraction of sp³-hybridized carbons (Fsp3) is 0.143. The molecule has 0 bridgehead atoms. The van der Waals surface area contributed by atoms with Crippen molar-refractivity contribution in [3.05, 3.63) is 71.1 Å². The lowest BCUT2D eigenvalue weighted by Crippen LogP contribution is -2.16. The molecule has 2 aromatic heterocycles. The fourth-order valence-electron chi connectivity index (χ4n) is 3.30. The maximum absolute atomic E-state index is 13.1. The Morgan fingerprint density at radius 2 is 1.93 bits per heavy atom. The van der Waals surface area contributed by atoms with Crippen molar-refractivity contribution < 1.29 is 9.90 Å². The van der Waals surface area contributed by atoms with Crippen molar-refractivity contribution >= 4 is 39.6 Å². The van der Waals surface area contributed by atoms with E-state index >= 15 is 0 Å². The van der Waals surface area contributed by atoms with Gasteiger partial charge in [0.25, 0.3) is 5.91 Å². The minimum Gasteiger partial charge on any atom is -0.507 e. The van der Waals surface area contributed by atoms with Gasteiger partial charge in [-0.05, 0) is 30.7 Å². The van der Waals surface area contributed by atoms with Crippen LogP contribution in [0.2, 0.25) is 5.02 Å². The van der Waals surface area contributed by atoms with Gasteiger partial charge in [0.2, 0.25) is 0 Å². The summed E-state index contributed by atoms with van der Waals surface area (Å²) in [7, 11) is 0. The van der Waals surface area contributed by atoms with Crippen molar-refractivity contribution in [3.63, 3.8) is 0 Å². The highest BCUT2D eigenvalue weighted by molar-refractivity contribution is 6.30. The van der Waals surface area contributed by atoms with Crippen LogP contribution in [-0.4, -0.2) is 20.4 Å². The van der Waals surface area contributed by atoms with Crippen LogP contribution in [0.15, 0.2) is 54.7 Å². The standard InChI is InChI=1S/C21H18ClN3O2/c1-2-5-17-20(25-12-13(22)10-11-19(25)23-17)21(27)24-16-8-3-7-15-14(16)6-4-9-18(15)26/h3-4,6-12,26H,2,5H2,1H3,(H,24,27). The molecule has 2 heterocycles. The van der Waals surface area contributed by atoms with E-state index in [1.165, 1.54) is 0 Å². The van der Waals surface area contributed by atoms with E-state index < -0.39 is 0 Å². The third-order valence-electron chi connectivity index (χ3n) is 4.50. The highest BCUT2D eigenvalue weighted by Crippen LogP contribution is 2.30. The molecular formula is C21H18ClN3O2. The maximum Gasteiger partial charge on any atom is 0.274 e. The number of phenols is 1. The zero-order valence-electron chi connectivity index (χ0n) is 14.7. The van der Waals surface area contributed by atoms with E-state index in [9.17, 15) is 9.90 Å². The number of amides is 1. The summed E-state index contributed by atoms with van der Waals surface area (Å²) in [5.74, 6) is -0.0825. The number of nitrogens with one attached hydrogen (secondary N) is 1. The number of carbonyl (C=O) groups is 1. The van der Waals surface area contributed by atoms with E-state index in [1.54, 1.807) is 40.9 Å². The number of anilines is 1. The van der Waals surface area contributed by atoms with Crippen molar-refractivity contribution in [1.82, 2.24) is 9.38 Å². The molecule has 0 unspecified atom stereocenters. The van der Waals surface area contributed by atoms with E-state index in [4.69, 9.17) is 11.6 Å². The molecule has 136 valence electrons. The van der Waals surface area contributed by atoms with Gasteiger partial charge in [0, 0.05) is 22.7 Å². The predicted molar refractivity (Wildman–Crippen MR) is 108 cm³/mol. The van der Waals surface area contributed by atoms with Gasteiger partial charge in [0.05, 0.1) is 10.7 Å². The predicted octanol–water partition coefficient (Wildman–Crippen LogP) is 5.05. The monoisotopic (exact) mass is 379 g/mol. The molecule has 6 heteroatoms. The summed E-state index contributed by atoms with van der Waals surface area (Å²) in [6.07, 6.45) is 3.27. The number of aromatic hydroxyl groups is 1. The number of fused-ring (bicyclic) bond motifs is 2. The Balaban J connectivity index is 1.81. The molecule has 4 rings (SSSR count). The van der Waals surface area contributed by atoms with E-state index in [0.717, 1.165) is 17.5 Å². The minimum absolute atomic E-state index is 0.178. The molecule has 1 amide bonds. The lowest BCUT2D eigenvalue weighted by Gasteiger charge is -2.10. The van der Waals surface area contributed by atoms with Gasteiger partial charge in [-0.2, -0.15) is 0 Å². The molecule has 0 saturated heterocycles. The number of halogens is 1. The number of phenolic OH excluding ortho intramolecular Hbond substituents is 1. The molecule has 0 radical (unpaired) electrons. The third kappa shape index (κ3) is 3.11. The van der Waals surface area contributed by atoms with Crippen LogP contribution in [0.25, 0.3) is 16.4 Å². The van der Waals surface area contributed by atoms with Crippen molar-refractivity contribution in [2.45, 2.75) is 19.8 Å². The van der Waals surface area contributed by atoms with Crippen LogP contribution in [0.3, 0.4) is 0 Å². The number of imidazole rings is 1. The van der Waals surface area contributed by atoms with Crippen LogP contribution < -0.4 is 5.32 Å². The quantitative estimate of drug-likeness (QED) is 0.521. The lowest BCUT2D eigenvalue weighted by molar-refractivity contribution is 0.102. The van der Waals surface area contributed by atoms with E-state index in [2.05, 4.69) is 10.3 Å². The smallest absolute Gasteiger partial charge is 0.274 e. The number of hydrogen-bond donors (Lipinski definition) is 2. The van der Waals surface area contributed by atoms with Gasteiger partial charge in [-0.15, -0.1) is 0 Å². The highest BCUT2D eigenvalue weighted by Gasteiger charge is 2.20. The first-order chi connectivity index (χ1) is 13.1. The van der Waals surface area contributed by atoms with Crippen LogP contribution in [0, 0.1) is 0 Å². The van der Waals surface area contributed by atoms with Gasteiger partial charge in [-0.3, -0.25) is 9.20 Å². The number of aryl methyl sites for hydroxylation is 1. The molecule has 0 spiro atoms. The van der Waals surface area contributed by atoms with E-state index in [-0.39, 0.29) is 11.7 Å². The van der Waals surface area contributed by atoms with Gasteiger partial charge in [0.1, 0.15) is 17.1 Å². The number of rotatable bonds is 4. The Morgan fingerprint density at radius 1 is 1.15 bits per heavy atom. The number of aromatic nitrogens is 2. The largest absolute Gasteiger partial charge is 0.507 e. The Kier molecular flexibility index (Phi) is 4.46. The summed E-state index contributed by atoms with van der Waals surface area (Å²) in [6, 6.07) is 14.2. The van der Waals surface area contributed by atoms with Gasteiger partial charge in [-0.1, -0.05) is 49.2 Å². The van der Waals surface area contributed by atoms with Crippen molar-refractivity contribution in [3.8, 4) is 5.75 Å². The zero-order chi connectivity index (χ0) is 19.0. The number of nitrogens with zero attached hydrogens (tertiary/aromatic N) is 2. The SMILES string of the molecule is CCCc1nc2ccc(Cl)cn2c1C(=O)Nc1cccc2c(O)cccc12. The van der Waals surface area contributed by atoms with Gasteiger partial charge < -0.3 is 10.4 Å². The highest BCUT2D eigenvalue weighted by atomic mass is 35.5. The summed E-state index contributed by atoms with van der Waals surface area (Å²) >= 11 is 6.13. The second kappa shape index (κ2) is 6.93. The number of pyridine rings is 1. The van der Waals surface area contributed by atoms with Gasteiger partial charge in [0.15, 0.2) is 0 Å². The topological polar surface area (TPSA) is 66.6 Å². The molecule has 0 atom stereocenters.